The third kappa shape index (κ3) is 4.39. The lowest BCUT2D eigenvalue weighted by atomic mass is 9.91. The molecule has 8 heteroatoms. The highest BCUT2D eigenvalue weighted by molar-refractivity contribution is 6.11. The maximum absolute atomic E-state index is 12.8. The Morgan fingerprint density at radius 2 is 1.87 bits per heavy atom. The first kappa shape index (κ1) is 20.9. The van der Waals surface area contributed by atoms with Crippen molar-refractivity contribution in [3.8, 4) is 5.75 Å². The van der Waals surface area contributed by atoms with Gasteiger partial charge in [-0.15, -0.1) is 0 Å². The minimum Gasteiger partial charge on any atom is -0.410 e. The Labute approximate surface area is 180 Å². The number of ether oxygens (including phenoxy) is 1. The quantitative estimate of drug-likeness (QED) is 0.704. The number of benzene rings is 2. The molecule has 3 unspecified atom stereocenters. The second-order valence-electron chi connectivity index (χ2n) is 7.98. The van der Waals surface area contributed by atoms with Crippen molar-refractivity contribution >= 4 is 29.3 Å². The molecule has 2 aromatic rings. The van der Waals surface area contributed by atoms with Gasteiger partial charge in [0.15, 0.2) is 0 Å². The molecule has 0 spiro atoms. The Morgan fingerprint density at radius 3 is 2.61 bits per heavy atom. The molecule has 1 saturated carbocycles. The van der Waals surface area contributed by atoms with Gasteiger partial charge in [0.25, 0.3) is 5.91 Å². The minimum atomic E-state index is -0.761. The van der Waals surface area contributed by atoms with E-state index in [2.05, 4.69) is 10.6 Å². The first-order valence-corrected chi connectivity index (χ1v) is 10.5. The predicted octanol–water partition coefficient (Wildman–Crippen LogP) is 3.03. The minimum absolute atomic E-state index is 0.0564. The topological polar surface area (TPSA) is 114 Å². The standard InChI is InChI=1S/C23H26N4O4/c1-14-21(28)26-19-13-15(22(29)25-18-10-6-5-9-17(18)24)11-12-20(19)27(14)23(30)31-16-7-3-2-4-8-16/h2-4,7-8,11-14,17-18H,5-6,9-10,24H2,1H3,(H,25,29)(H,26,28). The van der Waals surface area contributed by atoms with Crippen molar-refractivity contribution in [3.63, 3.8) is 0 Å². The fourth-order valence-electron chi connectivity index (χ4n) is 4.04. The van der Waals surface area contributed by atoms with Crippen molar-refractivity contribution in [2.75, 3.05) is 10.2 Å². The van der Waals surface area contributed by atoms with Crippen LogP contribution >= 0.6 is 0 Å². The lowest BCUT2D eigenvalue weighted by Crippen LogP contribution is -2.50. The van der Waals surface area contributed by atoms with Gasteiger partial charge in [0.1, 0.15) is 11.8 Å². The zero-order valence-corrected chi connectivity index (χ0v) is 17.3. The molecule has 0 saturated heterocycles. The molecule has 2 aliphatic rings. The molecule has 1 aliphatic carbocycles. The van der Waals surface area contributed by atoms with E-state index in [0.29, 0.717) is 22.7 Å². The number of nitrogens with one attached hydrogen (secondary N) is 2. The van der Waals surface area contributed by atoms with E-state index in [1.165, 1.54) is 4.90 Å². The Morgan fingerprint density at radius 1 is 1.13 bits per heavy atom. The third-order valence-corrected chi connectivity index (χ3v) is 5.82. The van der Waals surface area contributed by atoms with Crippen LogP contribution in [0.1, 0.15) is 43.0 Å². The number of rotatable bonds is 3. The number of hydrogen-bond donors (Lipinski definition) is 3. The van der Waals surface area contributed by atoms with Crippen LogP contribution in [0, 0.1) is 0 Å². The lowest BCUT2D eigenvalue weighted by Gasteiger charge is -2.34. The molecule has 1 heterocycles. The fourth-order valence-corrected chi connectivity index (χ4v) is 4.04. The van der Waals surface area contributed by atoms with Gasteiger partial charge in [-0.2, -0.15) is 0 Å². The zero-order valence-electron chi connectivity index (χ0n) is 17.3. The van der Waals surface area contributed by atoms with Gasteiger partial charge in [-0.3, -0.25) is 14.5 Å². The average Bonchev–Trinajstić information content (AvgIpc) is 2.76. The van der Waals surface area contributed by atoms with Crippen molar-refractivity contribution in [2.24, 2.45) is 5.73 Å². The van der Waals surface area contributed by atoms with Crippen LogP contribution in [0.4, 0.5) is 16.2 Å². The summed E-state index contributed by atoms with van der Waals surface area (Å²) in [4.78, 5) is 39.4. The van der Waals surface area contributed by atoms with Crippen LogP contribution in [0.25, 0.3) is 0 Å². The molecule has 3 amide bonds. The molecule has 1 aliphatic heterocycles. The molecular weight excluding hydrogens is 396 g/mol. The SMILES string of the molecule is CC1C(=O)Nc2cc(C(=O)NC3CCCCC3N)ccc2N1C(=O)Oc1ccccc1. The van der Waals surface area contributed by atoms with E-state index in [1.807, 2.05) is 6.07 Å². The van der Waals surface area contributed by atoms with Gasteiger partial charge < -0.3 is 21.1 Å². The van der Waals surface area contributed by atoms with Crippen LogP contribution in [-0.2, 0) is 4.79 Å². The summed E-state index contributed by atoms with van der Waals surface area (Å²) < 4.78 is 5.43. The molecule has 3 atom stereocenters. The number of nitrogens with two attached hydrogens (primary N) is 1. The number of para-hydroxylation sites is 1. The van der Waals surface area contributed by atoms with Crippen molar-refractivity contribution in [2.45, 2.75) is 50.7 Å². The molecule has 1 fully saturated rings. The van der Waals surface area contributed by atoms with E-state index in [-0.39, 0.29) is 23.9 Å². The maximum Gasteiger partial charge on any atom is 0.420 e. The van der Waals surface area contributed by atoms with Crippen LogP contribution < -0.4 is 26.0 Å². The van der Waals surface area contributed by atoms with Gasteiger partial charge >= 0.3 is 6.09 Å². The first-order chi connectivity index (χ1) is 14.9. The molecule has 4 rings (SSSR count). The number of carbonyl (C=O) groups is 3. The number of nitrogens with zero attached hydrogens (tertiary/aromatic N) is 1. The average molecular weight is 422 g/mol. The summed E-state index contributed by atoms with van der Waals surface area (Å²) >= 11 is 0. The lowest BCUT2D eigenvalue weighted by molar-refractivity contribution is -0.117. The molecule has 0 aromatic heterocycles. The van der Waals surface area contributed by atoms with E-state index in [4.69, 9.17) is 10.5 Å². The van der Waals surface area contributed by atoms with Gasteiger partial charge in [-0.05, 0) is 50.1 Å². The van der Waals surface area contributed by atoms with Crippen LogP contribution in [-0.4, -0.2) is 36.0 Å². The van der Waals surface area contributed by atoms with E-state index in [1.54, 1.807) is 49.4 Å². The van der Waals surface area contributed by atoms with Crippen molar-refractivity contribution in [1.29, 1.82) is 0 Å². The molecule has 4 N–H and O–H groups in total. The summed E-state index contributed by atoms with van der Waals surface area (Å²) in [6.07, 6.45) is 3.19. The van der Waals surface area contributed by atoms with E-state index in [0.717, 1.165) is 25.7 Å². The van der Waals surface area contributed by atoms with Gasteiger partial charge in [0, 0.05) is 17.6 Å². The highest BCUT2D eigenvalue weighted by Gasteiger charge is 2.35. The van der Waals surface area contributed by atoms with E-state index < -0.39 is 12.1 Å². The monoisotopic (exact) mass is 422 g/mol. The summed E-state index contributed by atoms with van der Waals surface area (Å²) in [5.74, 6) is -0.229. The summed E-state index contributed by atoms with van der Waals surface area (Å²) in [5.41, 5.74) is 7.38. The summed E-state index contributed by atoms with van der Waals surface area (Å²) in [5, 5.41) is 5.77. The molecule has 2 aromatic carbocycles. The predicted molar refractivity (Wildman–Crippen MR) is 117 cm³/mol. The number of fused-ring (bicyclic) bond motifs is 1. The molecule has 162 valence electrons. The van der Waals surface area contributed by atoms with Gasteiger partial charge in [-0.25, -0.2) is 4.79 Å². The summed E-state index contributed by atoms with van der Waals surface area (Å²) in [6, 6.07) is 12.6. The highest BCUT2D eigenvalue weighted by atomic mass is 16.6. The molecule has 0 radical (unpaired) electrons. The van der Waals surface area contributed by atoms with Crippen LogP contribution in [0.15, 0.2) is 48.5 Å². The van der Waals surface area contributed by atoms with Gasteiger partial charge in [0.05, 0.1) is 11.4 Å². The van der Waals surface area contributed by atoms with Crippen LogP contribution in [0.5, 0.6) is 5.75 Å². The van der Waals surface area contributed by atoms with Crippen LogP contribution in [0.3, 0.4) is 0 Å². The van der Waals surface area contributed by atoms with Crippen LogP contribution in [0.2, 0.25) is 0 Å². The Balaban J connectivity index is 1.56. The molecule has 8 nitrogen and oxygen atoms in total. The van der Waals surface area contributed by atoms with Crippen molar-refractivity contribution in [3.05, 3.63) is 54.1 Å². The highest BCUT2D eigenvalue weighted by Crippen LogP contribution is 2.34. The second kappa shape index (κ2) is 8.77. The molecular formula is C23H26N4O4. The summed E-state index contributed by atoms with van der Waals surface area (Å²) in [6.45, 7) is 1.62. The Hall–Kier alpha value is -3.39. The molecule has 0 bridgehead atoms. The van der Waals surface area contributed by atoms with Crippen molar-refractivity contribution < 1.29 is 19.1 Å². The smallest absolute Gasteiger partial charge is 0.410 e. The van der Waals surface area contributed by atoms with Gasteiger partial charge in [0.2, 0.25) is 5.91 Å². The normalized spacial score (nSPS) is 22.8. The second-order valence-corrected chi connectivity index (χ2v) is 7.98. The Kier molecular flexibility index (Phi) is 5.90. The molecule has 31 heavy (non-hydrogen) atoms. The van der Waals surface area contributed by atoms with Crippen molar-refractivity contribution in [1.82, 2.24) is 5.32 Å². The van der Waals surface area contributed by atoms with E-state index >= 15 is 0 Å². The fraction of sp³-hybridized carbons (Fsp3) is 0.348. The van der Waals surface area contributed by atoms with E-state index in [9.17, 15) is 14.4 Å². The largest absolute Gasteiger partial charge is 0.420 e. The maximum atomic E-state index is 12.8. The third-order valence-electron chi connectivity index (χ3n) is 5.82. The number of carbonyl (C=O) groups excluding carboxylic acids is 3. The number of anilines is 2. The number of hydrogen-bond acceptors (Lipinski definition) is 5. The first-order valence-electron chi connectivity index (χ1n) is 10.5. The Bertz CT molecular complexity index is 994. The van der Waals surface area contributed by atoms with Gasteiger partial charge in [-0.1, -0.05) is 31.0 Å². The number of amides is 3. The summed E-state index contributed by atoms with van der Waals surface area (Å²) in [7, 11) is 0. The zero-order chi connectivity index (χ0) is 22.0.